The first-order valence-corrected chi connectivity index (χ1v) is 7.53. The molecule has 3 aromatic rings. The summed E-state index contributed by atoms with van der Waals surface area (Å²) in [5, 5.41) is 13.6. The first kappa shape index (κ1) is 15.7. The van der Waals surface area contributed by atoms with Crippen molar-refractivity contribution in [1.82, 2.24) is 9.38 Å². The summed E-state index contributed by atoms with van der Waals surface area (Å²) in [6, 6.07) is 9.67. The Bertz CT molecular complexity index is 946. The summed E-state index contributed by atoms with van der Waals surface area (Å²) in [5.41, 5.74) is 3.19. The van der Waals surface area contributed by atoms with Gasteiger partial charge in [0.2, 0.25) is 0 Å². The van der Waals surface area contributed by atoms with Gasteiger partial charge in [0.05, 0.1) is 10.6 Å². The highest BCUT2D eigenvalue weighted by Crippen LogP contribution is 2.20. The molecule has 0 radical (unpaired) electrons. The topological polar surface area (TPSA) is 89.5 Å². The zero-order valence-electron chi connectivity index (χ0n) is 13.3. The van der Waals surface area contributed by atoms with Crippen molar-refractivity contribution in [2.45, 2.75) is 20.3 Å². The number of rotatable bonds is 4. The van der Waals surface area contributed by atoms with E-state index in [1.165, 1.54) is 18.2 Å². The van der Waals surface area contributed by atoms with E-state index in [-0.39, 0.29) is 11.6 Å². The molecule has 3 rings (SSSR count). The van der Waals surface area contributed by atoms with Crippen LogP contribution in [0.1, 0.15) is 28.7 Å². The Hall–Kier alpha value is -3.22. The fourth-order valence-electron chi connectivity index (χ4n) is 2.57. The molecule has 0 saturated heterocycles. The van der Waals surface area contributed by atoms with Gasteiger partial charge in [0.15, 0.2) is 0 Å². The summed E-state index contributed by atoms with van der Waals surface area (Å²) in [5.74, 6) is -0.344. The number of aryl methyl sites for hydroxylation is 2. The van der Waals surface area contributed by atoms with Gasteiger partial charge in [-0.05, 0) is 37.1 Å². The summed E-state index contributed by atoms with van der Waals surface area (Å²) in [6.07, 6.45) is 2.41. The van der Waals surface area contributed by atoms with Crippen molar-refractivity contribution in [2.24, 2.45) is 0 Å². The van der Waals surface area contributed by atoms with E-state index in [1.54, 1.807) is 16.7 Å². The van der Waals surface area contributed by atoms with Crippen molar-refractivity contribution in [1.29, 1.82) is 0 Å². The smallest absolute Gasteiger partial charge is 0.274 e. The van der Waals surface area contributed by atoms with Crippen LogP contribution in [0.15, 0.2) is 42.6 Å². The first-order chi connectivity index (χ1) is 11.5. The Labute approximate surface area is 138 Å². The summed E-state index contributed by atoms with van der Waals surface area (Å²) in [6.45, 7) is 3.89. The number of aromatic nitrogens is 2. The molecule has 1 aromatic carbocycles. The number of pyridine rings is 1. The van der Waals surface area contributed by atoms with Crippen LogP contribution in [0.4, 0.5) is 11.4 Å². The highest BCUT2D eigenvalue weighted by atomic mass is 16.6. The maximum Gasteiger partial charge on any atom is 0.274 e. The second-order valence-electron chi connectivity index (χ2n) is 5.45. The Morgan fingerprint density at radius 3 is 2.83 bits per heavy atom. The highest BCUT2D eigenvalue weighted by molar-refractivity contribution is 6.04. The molecule has 0 fully saturated rings. The van der Waals surface area contributed by atoms with E-state index in [2.05, 4.69) is 10.3 Å². The second kappa shape index (κ2) is 6.11. The molecule has 7 nitrogen and oxygen atoms in total. The zero-order valence-corrected chi connectivity index (χ0v) is 13.3. The van der Waals surface area contributed by atoms with Crippen molar-refractivity contribution in [3.8, 4) is 0 Å². The number of hydrogen-bond acceptors (Lipinski definition) is 4. The predicted molar refractivity (Wildman–Crippen MR) is 90.4 cm³/mol. The van der Waals surface area contributed by atoms with Crippen LogP contribution < -0.4 is 5.32 Å². The number of imidazole rings is 1. The van der Waals surface area contributed by atoms with Gasteiger partial charge in [-0.3, -0.25) is 19.3 Å². The van der Waals surface area contributed by atoms with E-state index < -0.39 is 4.92 Å². The number of fused-ring (bicyclic) bond motifs is 1. The third kappa shape index (κ3) is 2.83. The van der Waals surface area contributed by atoms with Gasteiger partial charge >= 0.3 is 0 Å². The van der Waals surface area contributed by atoms with Crippen LogP contribution in [0.5, 0.6) is 0 Å². The second-order valence-corrected chi connectivity index (χ2v) is 5.45. The molecule has 7 heteroatoms. The molecule has 0 atom stereocenters. The molecule has 24 heavy (non-hydrogen) atoms. The number of carbonyl (C=O) groups excluding carboxylic acids is 1. The largest absolute Gasteiger partial charge is 0.320 e. The van der Waals surface area contributed by atoms with Crippen LogP contribution in [0.25, 0.3) is 5.65 Å². The van der Waals surface area contributed by atoms with Crippen molar-refractivity contribution in [3.63, 3.8) is 0 Å². The Kier molecular flexibility index (Phi) is 3.99. The molecule has 0 bridgehead atoms. The van der Waals surface area contributed by atoms with E-state index in [0.717, 1.165) is 5.56 Å². The number of benzene rings is 1. The van der Waals surface area contributed by atoms with Gasteiger partial charge in [0.1, 0.15) is 11.3 Å². The fraction of sp³-hybridized carbons (Fsp3) is 0.176. The number of nitrogens with zero attached hydrogens (tertiary/aromatic N) is 3. The average molecular weight is 324 g/mol. The van der Waals surface area contributed by atoms with E-state index in [4.69, 9.17) is 0 Å². The molecule has 2 heterocycles. The van der Waals surface area contributed by atoms with Crippen LogP contribution in [0.3, 0.4) is 0 Å². The highest BCUT2D eigenvalue weighted by Gasteiger charge is 2.19. The lowest BCUT2D eigenvalue weighted by molar-refractivity contribution is -0.384. The normalized spacial score (nSPS) is 10.8. The molecular weight excluding hydrogens is 308 g/mol. The minimum Gasteiger partial charge on any atom is -0.320 e. The molecule has 0 saturated carbocycles. The number of amides is 1. The molecular formula is C17H16N4O3. The molecule has 1 N–H and O–H groups in total. The Morgan fingerprint density at radius 2 is 2.12 bits per heavy atom. The maximum atomic E-state index is 12.7. The standard InChI is InChI=1S/C17H16N4O3/c1-3-14-16(20-8-7-11(2)9-15(20)19-14)17(22)18-12-5-4-6-13(10-12)21(23)24/h4-10H,3H2,1-2H3,(H,18,22). The van der Waals surface area contributed by atoms with Crippen LogP contribution in [0.2, 0.25) is 0 Å². The monoisotopic (exact) mass is 324 g/mol. The molecule has 122 valence electrons. The number of nitro benzene ring substituents is 1. The van der Waals surface area contributed by atoms with Gasteiger partial charge in [-0.25, -0.2) is 4.98 Å². The van der Waals surface area contributed by atoms with E-state index in [1.807, 2.05) is 26.0 Å². The van der Waals surface area contributed by atoms with E-state index in [9.17, 15) is 14.9 Å². The van der Waals surface area contributed by atoms with Gasteiger partial charge < -0.3 is 5.32 Å². The quantitative estimate of drug-likeness (QED) is 0.588. The molecule has 0 aliphatic heterocycles. The molecule has 0 aliphatic carbocycles. The summed E-state index contributed by atoms with van der Waals surface area (Å²) in [7, 11) is 0. The van der Waals surface area contributed by atoms with Gasteiger partial charge in [-0.1, -0.05) is 13.0 Å². The van der Waals surface area contributed by atoms with Crippen molar-refractivity contribution in [2.75, 3.05) is 5.32 Å². The third-order valence-corrected chi connectivity index (χ3v) is 3.72. The lowest BCUT2D eigenvalue weighted by Gasteiger charge is -2.07. The summed E-state index contributed by atoms with van der Waals surface area (Å²) >= 11 is 0. The lowest BCUT2D eigenvalue weighted by Crippen LogP contribution is -2.16. The van der Waals surface area contributed by atoms with E-state index in [0.29, 0.717) is 29.1 Å². The third-order valence-electron chi connectivity index (χ3n) is 3.72. The number of nitro groups is 1. The van der Waals surface area contributed by atoms with E-state index >= 15 is 0 Å². The van der Waals surface area contributed by atoms with Crippen LogP contribution in [-0.2, 0) is 6.42 Å². The predicted octanol–water partition coefficient (Wildman–Crippen LogP) is 3.37. The van der Waals surface area contributed by atoms with Crippen LogP contribution in [-0.4, -0.2) is 20.2 Å². The Morgan fingerprint density at radius 1 is 1.33 bits per heavy atom. The number of nitrogens with one attached hydrogen (secondary N) is 1. The number of hydrogen-bond donors (Lipinski definition) is 1. The number of non-ortho nitro benzene ring substituents is 1. The Balaban J connectivity index is 1.99. The number of carbonyl (C=O) groups is 1. The summed E-state index contributed by atoms with van der Waals surface area (Å²) < 4.78 is 1.73. The minimum absolute atomic E-state index is 0.0720. The fourth-order valence-corrected chi connectivity index (χ4v) is 2.57. The minimum atomic E-state index is -0.496. The molecule has 0 aliphatic rings. The van der Waals surface area contributed by atoms with Crippen LogP contribution in [0, 0.1) is 17.0 Å². The number of anilines is 1. The first-order valence-electron chi connectivity index (χ1n) is 7.53. The summed E-state index contributed by atoms with van der Waals surface area (Å²) in [4.78, 5) is 27.5. The van der Waals surface area contributed by atoms with Gasteiger partial charge in [0, 0.05) is 24.0 Å². The molecule has 0 spiro atoms. The van der Waals surface area contributed by atoms with Gasteiger partial charge in [0.25, 0.3) is 11.6 Å². The molecule has 1 amide bonds. The average Bonchev–Trinajstić information content (AvgIpc) is 2.92. The van der Waals surface area contributed by atoms with Gasteiger partial charge in [-0.15, -0.1) is 0 Å². The molecule has 0 unspecified atom stereocenters. The van der Waals surface area contributed by atoms with Crippen molar-refractivity contribution < 1.29 is 9.72 Å². The molecule has 2 aromatic heterocycles. The van der Waals surface area contributed by atoms with Crippen molar-refractivity contribution >= 4 is 22.9 Å². The zero-order chi connectivity index (χ0) is 17.3. The van der Waals surface area contributed by atoms with Crippen molar-refractivity contribution in [3.05, 3.63) is 69.7 Å². The SMILES string of the molecule is CCc1nc2cc(C)ccn2c1C(=O)Nc1cccc([N+](=O)[O-])c1. The van der Waals surface area contributed by atoms with Crippen LogP contribution >= 0.6 is 0 Å². The lowest BCUT2D eigenvalue weighted by atomic mass is 10.2. The maximum absolute atomic E-state index is 12.7. The van der Waals surface area contributed by atoms with Gasteiger partial charge in [-0.2, -0.15) is 0 Å².